The average Bonchev–Trinajstić information content (AvgIpc) is 3.13. The lowest BCUT2D eigenvalue weighted by Gasteiger charge is -2.28. The molecule has 0 saturated carbocycles. The second-order valence-electron chi connectivity index (χ2n) is 6.42. The molecule has 1 aliphatic heterocycles. The highest BCUT2D eigenvalue weighted by Gasteiger charge is 2.37. The number of nitrogens with one attached hydrogen (secondary N) is 1. The van der Waals surface area contributed by atoms with E-state index in [0.717, 1.165) is 19.3 Å². The molecule has 11 heteroatoms. The highest BCUT2D eigenvalue weighted by Crippen LogP contribution is 2.40. The first-order valence-corrected chi connectivity index (χ1v) is 9.88. The predicted molar refractivity (Wildman–Crippen MR) is 104 cm³/mol. The number of tetrazole rings is 1. The molecule has 0 amide bonds. The molecule has 1 aromatic carbocycles. The number of anilines is 1. The van der Waals surface area contributed by atoms with Gasteiger partial charge >= 0.3 is 12.6 Å². The van der Waals surface area contributed by atoms with E-state index in [4.69, 9.17) is 9.47 Å². The van der Waals surface area contributed by atoms with Crippen molar-refractivity contribution in [1.29, 1.82) is 0 Å². The van der Waals surface area contributed by atoms with Crippen LogP contribution in [-0.2, 0) is 9.53 Å². The van der Waals surface area contributed by atoms with Crippen LogP contribution in [0.2, 0.25) is 0 Å². The molecule has 156 valence electrons. The van der Waals surface area contributed by atoms with Gasteiger partial charge in [-0.3, -0.25) is 0 Å². The van der Waals surface area contributed by atoms with E-state index in [2.05, 4.69) is 36.8 Å². The first-order chi connectivity index (χ1) is 13.9. The number of carbonyl (C=O) groups is 1. The van der Waals surface area contributed by atoms with E-state index in [1.165, 1.54) is 10.7 Å². The number of benzene rings is 1. The summed E-state index contributed by atoms with van der Waals surface area (Å²) in [5, 5.41) is 14.4. The van der Waals surface area contributed by atoms with Crippen LogP contribution in [0.1, 0.15) is 44.7 Å². The number of fused-ring (bicyclic) bond motifs is 1. The van der Waals surface area contributed by atoms with E-state index in [-0.39, 0.29) is 23.9 Å². The van der Waals surface area contributed by atoms with Gasteiger partial charge in [-0.2, -0.15) is 13.5 Å². The summed E-state index contributed by atoms with van der Waals surface area (Å²) >= 11 is 3.34. The summed E-state index contributed by atoms with van der Waals surface area (Å²) in [7, 11) is 0. The highest BCUT2D eigenvalue weighted by atomic mass is 79.9. The third-order valence-corrected chi connectivity index (χ3v) is 4.89. The largest absolute Gasteiger partial charge is 0.462 e. The number of allylic oxidation sites excluding steroid dienone is 1. The number of aromatic nitrogens is 4. The zero-order valence-corrected chi connectivity index (χ0v) is 17.4. The summed E-state index contributed by atoms with van der Waals surface area (Å²) in [6.07, 6.45) is 2.66. The maximum atomic E-state index is 13.0. The summed E-state index contributed by atoms with van der Waals surface area (Å²) in [6.45, 7) is 0.961. The summed E-state index contributed by atoms with van der Waals surface area (Å²) in [5.41, 5.74) is 0.994. The maximum Gasteiger partial charge on any atom is 0.387 e. The van der Waals surface area contributed by atoms with Crippen molar-refractivity contribution < 1.29 is 23.0 Å². The van der Waals surface area contributed by atoms with Gasteiger partial charge in [-0.05, 0) is 42.0 Å². The summed E-state index contributed by atoms with van der Waals surface area (Å²) < 4.78 is 38.0. The van der Waals surface area contributed by atoms with Crippen molar-refractivity contribution in [2.45, 2.75) is 45.8 Å². The molecule has 1 unspecified atom stereocenters. The van der Waals surface area contributed by atoms with Crippen molar-refractivity contribution in [1.82, 2.24) is 20.2 Å². The van der Waals surface area contributed by atoms with E-state index in [1.807, 2.05) is 6.92 Å². The van der Waals surface area contributed by atoms with Crippen LogP contribution in [0.4, 0.5) is 14.7 Å². The van der Waals surface area contributed by atoms with Crippen molar-refractivity contribution in [2.24, 2.45) is 0 Å². The highest BCUT2D eigenvalue weighted by molar-refractivity contribution is 9.10. The number of hydrogen-bond donors (Lipinski definition) is 1. The molecule has 2 aromatic rings. The van der Waals surface area contributed by atoms with E-state index in [0.29, 0.717) is 15.7 Å². The van der Waals surface area contributed by atoms with Gasteiger partial charge < -0.3 is 14.8 Å². The Bertz CT molecular complexity index is 919. The quantitative estimate of drug-likeness (QED) is 0.458. The van der Waals surface area contributed by atoms with Crippen molar-refractivity contribution in [3.63, 3.8) is 0 Å². The molecule has 0 fully saturated rings. The number of halogens is 3. The summed E-state index contributed by atoms with van der Waals surface area (Å²) in [5.74, 6) is -0.376. The topological polar surface area (TPSA) is 91.2 Å². The molecular formula is C18H20BrF2N5O3. The zero-order chi connectivity index (χ0) is 21.0. The standard InChI is InChI=1S/C18H20BrF2N5O3/c1-3-4-5-8-28-16(27)14-10(2)22-18-23-24-25-26(18)15(14)12-9-11(19)6-7-13(12)29-17(20)21/h6-7,9,15,17H,3-5,8H2,1-2H3,(H,22,23,25). The Kier molecular flexibility index (Phi) is 6.78. The Labute approximate surface area is 174 Å². The second-order valence-corrected chi connectivity index (χ2v) is 7.33. The average molecular weight is 472 g/mol. The lowest BCUT2D eigenvalue weighted by Crippen LogP contribution is -2.30. The number of rotatable bonds is 8. The fourth-order valence-electron chi connectivity index (χ4n) is 3.10. The minimum Gasteiger partial charge on any atom is -0.462 e. The van der Waals surface area contributed by atoms with E-state index in [9.17, 15) is 13.6 Å². The van der Waals surface area contributed by atoms with Gasteiger partial charge in [0, 0.05) is 15.7 Å². The van der Waals surface area contributed by atoms with Gasteiger partial charge in [-0.25, -0.2) is 4.79 Å². The number of carbonyl (C=O) groups excluding carboxylic acids is 1. The molecule has 0 saturated heterocycles. The number of alkyl halides is 2. The van der Waals surface area contributed by atoms with Gasteiger partial charge in [0.2, 0.25) is 5.95 Å². The van der Waals surface area contributed by atoms with Gasteiger partial charge in [0.25, 0.3) is 0 Å². The van der Waals surface area contributed by atoms with Crippen molar-refractivity contribution in [3.8, 4) is 5.75 Å². The van der Waals surface area contributed by atoms with Crippen molar-refractivity contribution >= 4 is 27.8 Å². The molecule has 1 aromatic heterocycles. The fourth-order valence-corrected chi connectivity index (χ4v) is 3.47. The first kappa shape index (κ1) is 21.2. The number of unbranched alkanes of at least 4 members (excludes halogenated alkanes) is 2. The molecule has 1 atom stereocenters. The lowest BCUT2D eigenvalue weighted by atomic mass is 9.95. The van der Waals surface area contributed by atoms with E-state index >= 15 is 0 Å². The first-order valence-electron chi connectivity index (χ1n) is 9.09. The van der Waals surface area contributed by atoms with Crippen molar-refractivity contribution in [3.05, 3.63) is 39.5 Å². The van der Waals surface area contributed by atoms with Gasteiger partial charge in [0.1, 0.15) is 11.8 Å². The molecule has 2 heterocycles. The van der Waals surface area contributed by atoms with Crippen LogP contribution in [-0.4, -0.2) is 39.4 Å². The van der Waals surface area contributed by atoms with Gasteiger partial charge in [0.05, 0.1) is 12.2 Å². The van der Waals surface area contributed by atoms with Crippen LogP contribution in [0, 0.1) is 0 Å². The Balaban J connectivity index is 2.04. The number of hydrogen-bond acceptors (Lipinski definition) is 7. The number of ether oxygens (including phenoxy) is 2. The Morgan fingerprint density at radius 3 is 2.90 bits per heavy atom. The molecule has 0 radical (unpaired) electrons. The lowest BCUT2D eigenvalue weighted by molar-refractivity contribution is -0.139. The van der Waals surface area contributed by atoms with E-state index in [1.54, 1.807) is 19.1 Å². The minimum atomic E-state index is -3.03. The van der Waals surface area contributed by atoms with Gasteiger partial charge in [-0.1, -0.05) is 40.8 Å². The Morgan fingerprint density at radius 2 is 2.17 bits per heavy atom. The molecule has 1 aliphatic rings. The third kappa shape index (κ3) is 4.72. The second kappa shape index (κ2) is 9.29. The summed E-state index contributed by atoms with van der Waals surface area (Å²) in [6, 6.07) is 3.67. The van der Waals surface area contributed by atoms with Crippen LogP contribution < -0.4 is 10.1 Å². The monoisotopic (exact) mass is 471 g/mol. The molecule has 1 N–H and O–H groups in total. The van der Waals surface area contributed by atoms with Crippen LogP contribution in [0.25, 0.3) is 0 Å². The zero-order valence-electron chi connectivity index (χ0n) is 15.9. The number of esters is 1. The molecular weight excluding hydrogens is 452 g/mol. The van der Waals surface area contributed by atoms with Crippen LogP contribution >= 0.6 is 15.9 Å². The van der Waals surface area contributed by atoms with Gasteiger partial charge in [-0.15, -0.1) is 0 Å². The van der Waals surface area contributed by atoms with Crippen LogP contribution in [0.5, 0.6) is 5.75 Å². The minimum absolute atomic E-state index is 0.0827. The Morgan fingerprint density at radius 1 is 1.38 bits per heavy atom. The SMILES string of the molecule is CCCCCOC(=O)C1=C(C)Nc2nnnn2C1c1cc(Br)ccc1OC(F)F. The molecule has 3 rings (SSSR count). The molecule has 0 bridgehead atoms. The fraction of sp³-hybridized carbons (Fsp3) is 0.444. The summed E-state index contributed by atoms with van der Waals surface area (Å²) in [4.78, 5) is 12.9. The van der Waals surface area contributed by atoms with Crippen LogP contribution in [0.15, 0.2) is 33.9 Å². The predicted octanol–water partition coefficient (Wildman–Crippen LogP) is 4.06. The van der Waals surface area contributed by atoms with Crippen LogP contribution in [0.3, 0.4) is 0 Å². The normalized spacial score (nSPS) is 15.9. The molecule has 29 heavy (non-hydrogen) atoms. The van der Waals surface area contributed by atoms with Crippen molar-refractivity contribution in [2.75, 3.05) is 11.9 Å². The molecule has 8 nitrogen and oxygen atoms in total. The third-order valence-electron chi connectivity index (χ3n) is 4.40. The van der Waals surface area contributed by atoms with Gasteiger partial charge in [0.15, 0.2) is 0 Å². The maximum absolute atomic E-state index is 13.0. The molecule has 0 spiro atoms. The number of nitrogens with zero attached hydrogens (tertiary/aromatic N) is 4. The van der Waals surface area contributed by atoms with E-state index < -0.39 is 18.6 Å². The smallest absolute Gasteiger partial charge is 0.387 e. The molecule has 0 aliphatic carbocycles. The Hall–Kier alpha value is -2.56.